The van der Waals surface area contributed by atoms with Crippen molar-refractivity contribution >= 4 is 34.5 Å². The molecule has 0 saturated heterocycles. The quantitative estimate of drug-likeness (QED) is 0.362. The third kappa shape index (κ3) is 6.88. The molecule has 7 nitrogen and oxygen atoms in total. The van der Waals surface area contributed by atoms with E-state index in [0.717, 1.165) is 12.8 Å². The fourth-order valence-corrected chi connectivity index (χ4v) is 3.70. The first kappa shape index (κ1) is 22.9. The molecule has 1 unspecified atom stereocenters. The number of amides is 1. The fourth-order valence-electron chi connectivity index (χ4n) is 2.86. The number of aromatic nitrogens is 2. The maximum Gasteiger partial charge on any atom is 0.307 e. The summed E-state index contributed by atoms with van der Waals surface area (Å²) in [4.78, 5) is 41.3. The minimum atomic E-state index is -0.405. The Kier molecular flexibility index (Phi) is 8.70. The van der Waals surface area contributed by atoms with E-state index in [9.17, 15) is 14.4 Å². The molecule has 1 amide bonds. The van der Waals surface area contributed by atoms with Gasteiger partial charge in [0.15, 0.2) is 5.16 Å². The minimum absolute atomic E-state index is 0.0580. The molecule has 2 aromatic rings. The van der Waals surface area contributed by atoms with Gasteiger partial charge in [-0.25, -0.2) is 4.98 Å². The standard InChI is InChI=1S/C21H29N3O4S/c1-14(2)9-10-15(3)22-18(25)13-29-21-23-17-8-6-5-7-16(17)20(27)24(21)12-11-19(26)28-4/h5-8,14-15H,9-13H2,1-4H3,(H,22,25). The van der Waals surface area contributed by atoms with Gasteiger partial charge < -0.3 is 10.1 Å². The molecule has 0 aliphatic heterocycles. The highest BCUT2D eigenvalue weighted by atomic mass is 32.2. The number of thioether (sulfide) groups is 1. The molecule has 1 heterocycles. The fraction of sp³-hybridized carbons (Fsp3) is 0.524. The van der Waals surface area contributed by atoms with Gasteiger partial charge in [0.1, 0.15) is 0 Å². The van der Waals surface area contributed by atoms with Crippen LogP contribution in [0, 0.1) is 5.92 Å². The zero-order valence-corrected chi connectivity index (χ0v) is 18.3. The average molecular weight is 420 g/mol. The van der Waals surface area contributed by atoms with Gasteiger partial charge in [0.05, 0.1) is 30.2 Å². The van der Waals surface area contributed by atoms with E-state index in [1.165, 1.54) is 23.4 Å². The predicted octanol–water partition coefficient (Wildman–Crippen LogP) is 2.99. The van der Waals surface area contributed by atoms with Crippen molar-refractivity contribution in [3.8, 4) is 0 Å². The van der Waals surface area contributed by atoms with Crippen LogP contribution in [-0.2, 0) is 20.9 Å². The Labute approximate surface area is 175 Å². The summed E-state index contributed by atoms with van der Waals surface area (Å²) in [6.07, 6.45) is 2.03. The Hall–Kier alpha value is -2.35. The molecule has 0 saturated carbocycles. The molecule has 8 heteroatoms. The lowest BCUT2D eigenvalue weighted by Crippen LogP contribution is -2.34. The molecular formula is C21H29N3O4S. The van der Waals surface area contributed by atoms with Crippen molar-refractivity contribution in [1.29, 1.82) is 0 Å². The van der Waals surface area contributed by atoms with E-state index in [1.807, 2.05) is 13.0 Å². The van der Waals surface area contributed by atoms with E-state index in [-0.39, 0.29) is 36.2 Å². The number of carbonyl (C=O) groups excluding carboxylic acids is 2. The maximum atomic E-state index is 12.9. The average Bonchev–Trinajstić information content (AvgIpc) is 2.70. The smallest absolute Gasteiger partial charge is 0.307 e. The first-order chi connectivity index (χ1) is 13.8. The summed E-state index contributed by atoms with van der Waals surface area (Å²) in [5, 5.41) is 3.89. The third-order valence-electron chi connectivity index (χ3n) is 4.51. The number of esters is 1. The van der Waals surface area contributed by atoms with Crippen molar-refractivity contribution in [1.82, 2.24) is 14.9 Å². The molecule has 1 atom stereocenters. The van der Waals surface area contributed by atoms with Crippen molar-refractivity contribution in [2.24, 2.45) is 5.92 Å². The first-order valence-electron chi connectivity index (χ1n) is 9.80. The Morgan fingerprint density at radius 1 is 1.21 bits per heavy atom. The van der Waals surface area contributed by atoms with Crippen LogP contribution in [0.25, 0.3) is 10.9 Å². The number of benzene rings is 1. The number of hydrogen-bond acceptors (Lipinski definition) is 6. The largest absolute Gasteiger partial charge is 0.469 e. The molecule has 0 radical (unpaired) electrons. The van der Waals surface area contributed by atoms with Crippen molar-refractivity contribution < 1.29 is 14.3 Å². The van der Waals surface area contributed by atoms with Gasteiger partial charge in [-0.2, -0.15) is 0 Å². The van der Waals surface area contributed by atoms with Crippen LogP contribution in [0.1, 0.15) is 40.0 Å². The zero-order chi connectivity index (χ0) is 21.4. The Morgan fingerprint density at radius 3 is 2.62 bits per heavy atom. The van der Waals surface area contributed by atoms with Gasteiger partial charge in [-0.05, 0) is 37.8 Å². The van der Waals surface area contributed by atoms with Crippen molar-refractivity contribution in [3.63, 3.8) is 0 Å². The molecule has 1 aromatic heterocycles. The lowest BCUT2D eigenvalue weighted by molar-refractivity contribution is -0.140. The van der Waals surface area contributed by atoms with Crippen molar-refractivity contribution in [2.75, 3.05) is 12.9 Å². The summed E-state index contributed by atoms with van der Waals surface area (Å²) in [7, 11) is 1.31. The number of nitrogens with zero attached hydrogens (tertiary/aromatic N) is 2. The monoisotopic (exact) mass is 419 g/mol. The summed E-state index contributed by atoms with van der Waals surface area (Å²) in [5.41, 5.74) is 0.341. The number of hydrogen-bond donors (Lipinski definition) is 1. The van der Waals surface area contributed by atoms with Gasteiger partial charge in [-0.1, -0.05) is 37.7 Å². The number of ether oxygens (including phenoxy) is 1. The van der Waals surface area contributed by atoms with Gasteiger partial charge >= 0.3 is 5.97 Å². The van der Waals surface area contributed by atoms with Gasteiger partial charge in [0, 0.05) is 12.6 Å². The maximum absolute atomic E-state index is 12.9. The lowest BCUT2D eigenvalue weighted by Gasteiger charge is -2.16. The van der Waals surface area contributed by atoms with Gasteiger partial charge in [-0.3, -0.25) is 19.0 Å². The third-order valence-corrected chi connectivity index (χ3v) is 5.49. The number of rotatable bonds is 10. The number of methoxy groups -OCH3 is 1. The minimum Gasteiger partial charge on any atom is -0.469 e. The highest BCUT2D eigenvalue weighted by Gasteiger charge is 2.15. The summed E-state index contributed by atoms with van der Waals surface area (Å²) < 4.78 is 6.12. The van der Waals surface area contributed by atoms with E-state index >= 15 is 0 Å². The zero-order valence-electron chi connectivity index (χ0n) is 17.4. The van der Waals surface area contributed by atoms with E-state index in [2.05, 4.69) is 28.9 Å². The Morgan fingerprint density at radius 2 is 1.93 bits per heavy atom. The second-order valence-electron chi connectivity index (χ2n) is 7.42. The van der Waals surface area contributed by atoms with Crippen LogP contribution in [0.5, 0.6) is 0 Å². The molecule has 2 rings (SSSR count). The van der Waals surface area contributed by atoms with Crippen LogP contribution in [-0.4, -0.2) is 40.3 Å². The first-order valence-corrected chi connectivity index (χ1v) is 10.8. The van der Waals surface area contributed by atoms with Gasteiger partial charge in [-0.15, -0.1) is 0 Å². The molecule has 1 aromatic carbocycles. The highest BCUT2D eigenvalue weighted by Crippen LogP contribution is 2.18. The SMILES string of the molecule is COC(=O)CCn1c(SCC(=O)NC(C)CCC(C)C)nc2ccccc2c1=O. The molecule has 158 valence electrons. The second kappa shape index (κ2) is 11.0. The molecular weight excluding hydrogens is 390 g/mol. The van der Waals surface area contributed by atoms with E-state index in [1.54, 1.807) is 18.2 Å². The Bertz CT molecular complexity index is 910. The topological polar surface area (TPSA) is 90.3 Å². The Balaban J connectivity index is 2.14. The highest BCUT2D eigenvalue weighted by molar-refractivity contribution is 7.99. The molecule has 0 aliphatic carbocycles. The molecule has 1 N–H and O–H groups in total. The number of carbonyl (C=O) groups is 2. The van der Waals surface area contributed by atoms with Crippen molar-refractivity contribution in [3.05, 3.63) is 34.6 Å². The van der Waals surface area contributed by atoms with E-state index in [4.69, 9.17) is 0 Å². The molecule has 0 aliphatic rings. The second-order valence-corrected chi connectivity index (χ2v) is 8.37. The lowest BCUT2D eigenvalue weighted by atomic mass is 10.0. The molecule has 0 fully saturated rings. The molecule has 0 bridgehead atoms. The number of fused-ring (bicyclic) bond motifs is 1. The number of nitrogens with one attached hydrogen (secondary N) is 1. The summed E-state index contributed by atoms with van der Waals surface area (Å²) in [6.45, 7) is 6.45. The van der Waals surface area contributed by atoms with Crippen LogP contribution in [0.4, 0.5) is 0 Å². The van der Waals surface area contributed by atoms with Crippen LogP contribution in [0.2, 0.25) is 0 Å². The molecule has 0 spiro atoms. The van der Waals surface area contributed by atoms with Gasteiger partial charge in [0.25, 0.3) is 5.56 Å². The molecule has 29 heavy (non-hydrogen) atoms. The number of para-hydroxylation sites is 1. The van der Waals surface area contributed by atoms with Crippen LogP contribution in [0.15, 0.2) is 34.2 Å². The van der Waals surface area contributed by atoms with E-state index in [0.29, 0.717) is 22.0 Å². The van der Waals surface area contributed by atoms with Crippen LogP contribution >= 0.6 is 11.8 Å². The predicted molar refractivity (Wildman–Crippen MR) is 115 cm³/mol. The van der Waals surface area contributed by atoms with E-state index < -0.39 is 5.97 Å². The van der Waals surface area contributed by atoms with Crippen molar-refractivity contribution in [2.45, 2.75) is 57.8 Å². The van der Waals surface area contributed by atoms with Gasteiger partial charge in [0.2, 0.25) is 5.91 Å². The summed E-state index contributed by atoms with van der Waals surface area (Å²) in [6, 6.07) is 7.15. The van der Waals surface area contributed by atoms with Crippen LogP contribution in [0.3, 0.4) is 0 Å². The summed E-state index contributed by atoms with van der Waals surface area (Å²) >= 11 is 1.20. The normalized spacial score (nSPS) is 12.2. The summed E-state index contributed by atoms with van der Waals surface area (Å²) in [5.74, 6) is 0.232. The van der Waals surface area contributed by atoms with Crippen LogP contribution < -0.4 is 10.9 Å².